The first kappa shape index (κ1) is 17.5. The van der Waals surface area contributed by atoms with Crippen molar-refractivity contribution in [1.82, 2.24) is 0 Å². The number of nitrogens with zero attached hydrogens (tertiary/aromatic N) is 1. The number of thiocyanates is 1. The van der Waals surface area contributed by atoms with E-state index in [1.807, 2.05) is 37.4 Å². The summed E-state index contributed by atoms with van der Waals surface area (Å²) in [7, 11) is 0. The third kappa shape index (κ3) is 5.05. The molecule has 0 fully saturated rings. The predicted octanol–water partition coefficient (Wildman–Crippen LogP) is 4.92. The molecule has 0 saturated carbocycles. The maximum absolute atomic E-state index is 12.2. The van der Waals surface area contributed by atoms with Gasteiger partial charge >= 0.3 is 0 Å². The van der Waals surface area contributed by atoms with Gasteiger partial charge in [0.25, 0.3) is 0 Å². The van der Waals surface area contributed by atoms with Gasteiger partial charge in [0.1, 0.15) is 5.40 Å². The van der Waals surface area contributed by atoms with Crippen LogP contribution < -0.4 is 5.32 Å². The van der Waals surface area contributed by atoms with E-state index >= 15 is 0 Å². The molecule has 0 aliphatic rings. The van der Waals surface area contributed by atoms with Gasteiger partial charge in [-0.25, -0.2) is 0 Å². The summed E-state index contributed by atoms with van der Waals surface area (Å²) in [6.45, 7) is 6.03. The number of nitriles is 1. The highest BCUT2D eigenvalue weighted by Gasteiger charge is 2.08. The number of thioether (sulfide) groups is 2. The Balaban J connectivity index is 1.97. The van der Waals surface area contributed by atoms with E-state index < -0.39 is 0 Å². The van der Waals surface area contributed by atoms with Gasteiger partial charge in [0.05, 0.1) is 5.75 Å². The number of rotatable bonds is 5. The van der Waals surface area contributed by atoms with E-state index in [0.717, 1.165) is 32.8 Å². The number of carbonyl (C=O) groups excluding carboxylic acids is 1. The topological polar surface area (TPSA) is 52.9 Å². The SMILES string of the molecule is Cc1ccc(C)c(SCC(=O)Nc2ccc(SC#N)cc2C)c1. The number of hydrogen-bond donors (Lipinski definition) is 1. The lowest BCUT2D eigenvalue weighted by Crippen LogP contribution is -2.14. The van der Waals surface area contributed by atoms with Crippen LogP contribution in [0.15, 0.2) is 46.2 Å². The Labute approximate surface area is 145 Å². The van der Waals surface area contributed by atoms with Crippen molar-refractivity contribution in [3.05, 3.63) is 53.1 Å². The normalized spacial score (nSPS) is 10.2. The average Bonchev–Trinajstić information content (AvgIpc) is 2.51. The number of anilines is 1. The molecule has 0 saturated heterocycles. The van der Waals surface area contributed by atoms with Gasteiger partial charge in [-0.15, -0.1) is 11.8 Å². The fourth-order valence-corrected chi connectivity index (χ4v) is 3.49. The molecule has 0 aromatic heterocycles. The fraction of sp³-hybridized carbons (Fsp3) is 0.222. The van der Waals surface area contributed by atoms with E-state index in [0.29, 0.717) is 5.75 Å². The number of aryl methyl sites for hydroxylation is 3. The Kier molecular flexibility index (Phi) is 6.14. The summed E-state index contributed by atoms with van der Waals surface area (Å²) in [5.74, 6) is 0.345. The van der Waals surface area contributed by atoms with Crippen LogP contribution in [0.3, 0.4) is 0 Å². The van der Waals surface area contributed by atoms with E-state index in [1.54, 1.807) is 11.8 Å². The van der Waals surface area contributed by atoms with Crippen LogP contribution in [0, 0.1) is 31.4 Å². The second-order valence-electron chi connectivity index (χ2n) is 5.28. The van der Waals surface area contributed by atoms with E-state index in [2.05, 4.69) is 30.4 Å². The van der Waals surface area contributed by atoms with Crippen LogP contribution in [0.25, 0.3) is 0 Å². The molecule has 0 unspecified atom stereocenters. The van der Waals surface area contributed by atoms with Crippen LogP contribution >= 0.6 is 23.5 Å². The summed E-state index contributed by atoms with van der Waals surface area (Å²) in [6, 6.07) is 11.8. The van der Waals surface area contributed by atoms with Crippen LogP contribution in [0.1, 0.15) is 16.7 Å². The molecule has 2 aromatic carbocycles. The second kappa shape index (κ2) is 8.09. The molecule has 3 nitrogen and oxygen atoms in total. The molecule has 0 aliphatic heterocycles. The lowest BCUT2D eigenvalue weighted by atomic mass is 10.2. The highest BCUT2D eigenvalue weighted by molar-refractivity contribution is 8.03. The van der Waals surface area contributed by atoms with Crippen LogP contribution in [-0.2, 0) is 4.79 Å². The van der Waals surface area contributed by atoms with Crippen LogP contribution in [0.5, 0.6) is 0 Å². The third-order valence-corrected chi connectivity index (χ3v) is 5.08. The predicted molar refractivity (Wildman–Crippen MR) is 97.9 cm³/mol. The largest absolute Gasteiger partial charge is 0.325 e. The number of carbonyl (C=O) groups is 1. The zero-order valence-electron chi connectivity index (χ0n) is 13.3. The summed E-state index contributed by atoms with van der Waals surface area (Å²) in [5.41, 5.74) is 4.12. The van der Waals surface area contributed by atoms with Crippen molar-refractivity contribution in [2.75, 3.05) is 11.1 Å². The Morgan fingerprint density at radius 2 is 1.91 bits per heavy atom. The first-order valence-electron chi connectivity index (χ1n) is 7.16. The van der Waals surface area contributed by atoms with Crippen molar-refractivity contribution >= 4 is 35.1 Å². The van der Waals surface area contributed by atoms with Gasteiger partial charge < -0.3 is 5.32 Å². The van der Waals surface area contributed by atoms with Crippen molar-refractivity contribution in [1.29, 1.82) is 5.26 Å². The maximum Gasteiger partial charge on any atom is 0.234 e. The van der Waals surface area contributed by atoms with Gasteiger partial charge in [-0.2, -0.15) is 5.26 Å². The van der Waals surface area contributed by atoms with Gasteiger partial charge in [0, 0.05) is 15.5 Å². The summed E-state index contributed by atoms with van der Waals surface area (Å²) in [6.07, 6.45) is 0. The van der Waals surface area contributed by atoms with Gasteiger partial charge in [0.15, 0.2) is 0 Å². The number of hydrogen-bond acceptors (Lipinski definition) is 4. The first-order valence-corrected chi connectivity index (χ1v) is 8.96. The molecular formula is C18H18N2OS2. The Morgan fingerprint density at radius 3 is 2.61 bits per heavy atom. The monoisotopic (exact) mass is 342 g/mol. The fourth-order valence-electron chi connectivity index (χ4n) is 2.09. The zero-order chi connectivity index (χ0) is 16.8. The molecule has 5 heteroatoms. The molecule has 2 rings (SSSR count). The summed E-state index contributed by atoms with van der Waals surface area (Å²) < 4.78 is 0. The highest BCUT2D eigenvalue weighted by atomic mass is 32.2. The minimum atomic E-state index is -0.0281. The zero-order valence-corrected chi connectivity index (χ0v) is 15.0. The van der Waals surface area contributed by atoms with Crippen molar-refractivity contribution in [2.45, 2.75) is 30.6 Å². The molecule has 0 aliphatic carbocycles. The third-order valence-electron chi connectivity index (χ3n) is 3.34. The summed E-state index contributed by atoms with van der Waals surface area (Å²) in [4.78, 5) is 14.2. The van der Waals surface area contributed by atoms with E-state index in [9.17, 15) is 4.79 Å². The molecule has 23 heavy (non-hydrogen) atoms. The van der Waals surface area contributed by atoms with E-state index in [-0.39, 0.29) is 5.91 Å². The molecule has 0 atom stereocenters. The molecule has 0 heterocycles. The molecule has 0 spiro atoms. The van der Waals surface area contributed by atoms with Gasteiger partial charge in [-0.05, 0) is 67.9 Å². The minimum Gasteiger partial charge on any atom is -0.325 e. The van der Waals surface area contributed by atoms with Crippen LogP contribution in [0.4, 0.5) is 5.69 Å². The van der Waals surface area contributed by atoms with Crippen molar-refractivity contribution < 1.29 is 4.79 Å². The minimum absolute atomic E-state index is 0.0281. The maximum atomic E-state index is 12.2. The van der Waals surface area contributed by atoms with E-state index in [4.69, 9.17) is 5.26 Å². The first-order chi connectivity index (χ1) is 11.0. The number of benzene rings is 2. The summed E-state index contributed by atoms with van der Waals surface area (Å²) in [5, 5.41) is 13.7. The Morgan fingerprint density at radius 1 is 1.13 bits per heavy atom. The molecule has 0 bridgehead atoms. The lowest BCUT2D eigenvalue weighted by molar-refractivity contribution is -0.113. The standard InChI is InChI=1S/C18H18N2OS2/c1-12-4-5-13(2)17(8-12)22-10-18(21)20-16-7-6-15(23-11-19)9-14(16)3/h4-9H,10H2,1-3H3,(H,20,21). The molecular weight excluding hydrogens is 324 g/mol. The van der Waals surface area contributed by atoms with E-state index in [1.165, 1.54) is 11.1 Å². The van der Waals surface area contributed by atoms with Crippen molar-refractivity contribution in [2.24, 2.45) is 0 Å². The molecule has 0 radical (unpaired) electrons. The molecule has 2 aromatic rings. The van der Waals surface area contributed by atoms with Gasteiger partial charge in [-0.1, -0.05) is 17.7 Å². The van der Waals surface area contributed by atoms with Crippen LogP contribution in [0.2, 0.25) is 0 Å². The highest BCUT2D eigenvalue weighted by Crippen LogP contribution is 2.25. The Bertz CT molecular complexity index is 766. The molecule has 1 N–H and O–H groups in total. The number of nitrogens with one attached hydrogen (secondary N) is 1. The second-order valence-corrected chi connectivity index (χ2v) is 7.15. The molecule has 118 valence electrons. The summed E-state index contributed by atoms with van der Waals surface area (Å²) >= 11 is 2.66. The van der Waals surface area contributed by atoms with Crippen molar-refractivity contribution in [3.63, 3.8) is 0 Å². The lowest BCUT2D eigenvalue weighted by Gasteiger charge is -2.10. The quantitative estimate of drug-likeness (QED) is 0.619. The average molecular weight is 342 g/mol. The number of amides is 1. The Hall–Kier alpha value is -1.90. The molecule has 1 amide bonds. The van der Waals surface area contributed by atoms with Crippen LogP contribution in [-0.4, -0.2) is 11.7 Å². The van der Waals surface area contributed by atoms with Crippen molar-refractivity contribution in [3.8, 4) is 5.40 Å². The van der Waals surface area contributed by atoms with Gasteiger partial charge in [-0.3, -0.25) is 4.79 Å². The smallest absolute Gasteiger partial charge is 0.234 e. The van der Waals surface area contributed by atoms with Gasteiger partial charge in [0.2, 0.25) is 5.91 Å².